The molecule has 28 heteroatoms. The monoisotopic (exact) mass is 1190 g/mol. The molecule has 4 aliphatic heterocycles. The quantitative estimate of drug-likeness (QED) is 0.0387. The minimum absolute atomic E-state index is 0.0102. The second kappa shape index (κ2) is 26.5. The van der Waals surface area contributed by atoms with Crippen LogP contribution in [0.25, 0.3) is 34.4 Å². The summed E-state index contributed by atoms with van der Waals surface area (Å²) in [6.45, 7) is 1.12. The maximum Gasteiger partial charge on any atom is 0.330 e. The Morgan fingerprint density at radius 2 is 0.941 bits per heavy atom. The molecule has 1 aromatic heterocycles. The fourth-order valence-corrected chi connectivity index (χ4v) is 9.54. The molecule has 20 atom stereocenters. The predicted octanol–water partition coefficient (Wildman–Crippen LogP) is -1.13. The molecule has 20 unspecified atom stereocenters. The van der Waals surface area contributed by atoms with Gasteiger partial charge in [-0.2, -0.15) is 0 Å². The SMILES string of the molecule is CC1OC(Oc2cc(O)c3c(=O)c(OC4OC(C)C(O)C(OC5OC(COC(=O)C=Cc6ccc(O)cc6)C(O)C(O)C5O)C4OC4OC(COC(=O)C=Cc5ccc(O)cc5)C(O)C(O)C4O)c(-c4ccc(O)cc4)oc3c2)C(O)C(O)C1O. The number of phenols is 4. The molecule has 0 saturated carbocycles. The molecule has 0 amide bonds. The van der Waals surface area contributed by atoms with Crippen molar-refractivity contribution in [3.63, 3.8) is 0 Å². The van der Waals surface area contributed by atoms with Gasteiger partial charge in [0.05, 0.1) is 12.2 Å². The number of carbonyl (C=O) groups excluding carboxylic acids is 2. The molecule has 28 nitrogen and oxygen atoms in total. The van der Waals surface area contributed by atoms with E-state index in [1.807, 2.05) is 0 Å². The van der Waals surface area contributed by atoms with Gasteiger partial charge in [-0.3, -0.25) is 4.79 Å². The van der Waals surface area contributed by atoms with Crippen molar-refractivity contribution in [2.75, 3.05) is 13.2 Å². The molecule has 0 bridgehead atoms. The summed E-state index contributed by atoms with van der Waals surface area (Å²) in [5, 5.41) is 151. The van der Waals surface area contributed by atoms with Crippen molar-refractivity contribution < 1.29 is 133 Å². The van der Waals surface area contributed by atoms with Crippen LogP contribution in [0.5, 0.6) is 34.5 Å². The zero-order valence-corrected chi connectivity index (χ0v) is 44.8. The van der Waals surface area contributed by atoms with Crippen LogP contribution in [0.3, 0.4) is 0 Å². The van der Waals surface area contributed by atoms with Crippen LogP contribution in [-0.4, -0.2) is 219 Å². The van der Waals surface area contributed by atoms with Gasteiger partial charge in [0.1, 0.15) is 132 Å². The molecule has 5 aromatic rings. The van der Waals surface area contributed by atoms with Crippen molar-refractivity contribution in [2.45, 2.75) is 137 Å². The minimum Gasteiger partial charge on any atom is -0.508 e. The molecule has 458 valence electrons. The van der Waals surface area contributed by atoms with Crippen LogP contribution in [0.4, 0.5) is 0 Å². The third-order valence-corrected chi connectivity index (χ3v) is 14.4. The van der Waals surface area contributed by atoms with Crippen LogP contribution in [0, 0.1) is 0 Å². The van der Waals surface area contributed by atoms with Gasteiger partial charge in [0, 0.05) is 29.8 Å². The number of ether oxygens (including phenoxy) is 10. The molecule has 0 aliphatic carbocycles. The van der Waals surface area contributed by atoms with E-state index in [0.717, 1.165) is 24.3 Å². The van der Waals surface area contributed by atoms with E-state index < -0.39 is 182 Å². The number of hydrogen-bond acceptors (Lipinski definition) is 28. The van der Waals surface area contributed by atoms with Gasteiger partial charge in [-0.25, -0.2) is 9.59 Å². The van der Waals surface area contributed by atoms with Crippen molar-refractivity contribution in [1.82, 2.24) is 0 Å². The summed E-state index contributed by atoms with van der Waals surface area (Å²) in [6, 6.07) is 18.5. The zero-order valence-electron chi connectivity index (χ0n) is 44.8. The molecular weight excluding hydrogens is 1130 g/mol. The highest BCUT2D eigenvalue weighted by Crippen LogP contribution is 2.41. The number of aliphatic hydroxyl groups excluding tert-OH is 10. The molecule has 4 saturated heterocycles. The maximum absolute atomic E-state index is 14.9. The van der Waals surface area contributed by atoms with Crippen LogP contribution in [-0.2, 0) is 47.5 Å². The maximum atomic E-state index is 14.9. The van der Waals surface area contributed by atoms with E-state index >= 15 is 0 Å². The highest BCUT2D eigenvalue weighted by atomic mass is 16.8. The fraction of sp³-hybridized carbons (Fsp3) is 0.421. The number of fused-ring (bicyclic) bond motifs is 1. The van der Waals surface area contributed by atoms with E-state index in [1.165, 1.54) is 98.8 Å². The van der Waals surface area contributed by atoms with Gasteiger partial charge >= 0.3 is 11.9 Å². The van der Waals surface area contributed by atoms with Gasteiger partial charge in [-0.15, -0.1) is 0 Å². The third-order valence-electron chi connectivity index (χ3n) is 14.4. The van der Waals surface area contributed by atoms with E-state index in [1.54, 1.807) is 0 Å². The second-order valence-electron chi connectivity index (χ2n) is 20.4. The van der Waals surface area contributed by atoms with Crippen LogP contribution < -0.4 is 14.9 Å². The van der Waals surface area contributed by atoms with Gasteiger partial charge in [0.2, 0.25) is 23.8 Å². The van der Waals surface area contributed by atoms with Gasteiger partial charge in [0.15, 0.2) is 24.4 Å². The van der Waals surface area contributed by atoms with Crippen molar-refractivity contribution >= 4 is 35.1 Å². The number of hydrogen-bond donors (Lipinski definition) is 14. The van der Waals surface area contributed by atoms with E-state index in [-0.39, 0.29) is 28.6 Å². The molecule has 85 heavy (non-hydrogen) atoms. The van der Waals surface area contributed by atoms with Crippen molar-refractivity contribution in [3.05, 3.63) is 118 Å². The lowest BCUT2D eigenvalue weighted by molar-refractivity contribution is -0.382. The summed E-state index contributed by atoms with van der Waals surface area (Å²) >= 11 is 0. The lowest BCUT2D eigenvalue weighted by atomic mass is 9.96. The summed E-state index contributed by atoms with van der Waals surface area (Å²) < 4.78 is 64.8. The normalized spacial score (nSPS) is 33.4. The molecule has 4 aromatic carbocycles. The lowest BCUT2D eigenvalue weighted by Crippen LogP contribution is -2.67. The first-order valence-corrected chi connectivity index (χ1v) is 26.4. The van der Waals surface area contributed by atoms with E-state index in [2.05, 4.69) is 0 Å². The van der Waals surface area contributed by atoms with Crippen LogP contribution in [0.15, 0.2) is 106 Å². The Kier molecular flexibility index (Phi) is 19.4. The number of benzene rings is 4. The summed E-state index contributed by atoms with van der Waals surface area (Å²) in [5.41, 5.74) is -0.560. The van der Waals surface area contributed by atoms with Crippen molar-refractivity contribution in [2.24, 2.45) is 0 Å². The molecular formula is C57H62O28. The molecule has 5 heterocycles. The smallest absolute Gasteiger partial charge is 0.330 e. The standard InChI is InChI=1S/C57H62O28/c1-23-39(64)44(69)47(72)54(77-23)79-31-19-32(61)38-33(20-31)80-50(27-9-15-30(60)16-10-27)52(43(38)68)84-57-53(85-56-49(74)46(71)42(67)35(82-56)22-76-37(63)18-8-26-5-13-29(59)14-6-26)51(40(65)24(2)78-57)83-55-48(73)45(70)41(66)34(81-55)21-75-36(62)17-7-25-3-11-28(58)12-4-25/h3-20,23-24,34-35,39-42,44-49,51,53-61,64-67,69-74H,21-22H2,1-2H3. The average molecular weight is 1200 g/mol. The highest BCUT2D eigenvalue weighted by Gasteiger charge is 2.55. The van der Waals surface area contributed by atoms with Crippen LogP contribution >= 0.6 is 0 Å². The van der Waals surface area contributed by atoms with Crippen molar-refractivity contribution in [1.29, 1.82) is 0 Å². The number of carbonyl (C=O) groups is 2. The zero-order chi connectivity index (χ0) is 61.1. The van der Waals surface area contributed by atoms with Gasteiger partial charge in [0.25, 0.3) is 0 Å². The average Bonchev–Trinajstić information content (AvgIpc) is 3.19. The van der Waals surface area contributed by atoms with E-state index in [4.69, 9.17) is 51.8 Å². The first-order valence-electron chi connectivity index (χ1n) is 26.4. The Hall–Kier alpha value is -7.33. The Balaban J connectivity index is 1.05. The van der Waals surface area contributed by atoms with Gasteiger partial charge < -0.3 is 123 Å². The third kappa shape index (κ3) is 14.0. The number of aromatic hydroxyl groups is 4. The van der Waals surface area contributed by atoms with E-state index in [9.17, 15) is 85.9 Å². The van der Waals surface area contributed by atoms with Crippen LogP contribution in [0.1, 0.15) is 25.0 Å². The van der Waals surface area contributed by atoms with Crippen LogP contribution in [0.2, 0.25) is 0 Å². The summed E-state index contributed by atoms with van der Waals surface area (Å²) in [6.07, 6.45) is -32.7. The van der Waals surface area contributed by atoms with Gasteiger partial charge in [-0.1, -0.05) is 24.3 Å². The Bertz CT molecular complexity index is 3230. The van der Waals surface area contributed by atoms with Crippen molar-refractivity contribution in [3.8, 4) is 45.8 Å². The Morgan fingerprint density at radius 1 is 0.494 bits per heavy atom. The van der Waals surface area contributed by atoms with Gasteiger partial charge in [-0.05, 0) is 85.7 Å². The Morgan fingerprint density at radius 3 is 1.46 bits per heavy atom. The molecule has 0 spiro atoms. The number of esters is 2. The first-order chi connectivity index (χ1) is 40.4. The lowest BCUT2D eigenvalue weighted by Gasteiger charge is -2.48. The topological polar surface area (TPSA) is 440 Å². The summed E-state index contributed by atoms with van der Waals surface area (Å²) in [4.78, 5) is 40.6. The molecule has 9 rings (SSSR count). The molecule has 14 N–H and O–H groups in total. The first kappa shape index (κ1) is 62.2. The number of rotatable bonds is 17. The fourth-order valence-electron chi connectivity index (χ4n) is 9.54. The summed E-state index contributed by atoms with van der Waals surface area (Å²) in [7, 11) is 0. The highest BCUT2D eigenvalue weighted by molar-refractivity contribution is 5.89. The van der Waals surface area contributed by atoms with E-state index in [0.29, 0.717) is 11.1 Å². The molecule has 4 fully saturated rings. The Labute approximate surface area is 480 Å². The largest absolute Gasteiger partial charge is 0.508 e. The number of phenolic OH excluding ortho intramolecular Hbond substituents is 4. The number of aliphatic hydroxyl groups is 10. The molecule has 0 radical (unpaired) electrons. The summed E-state index contributed by atoms with van der Waals surface area (Å²) in [5.74, 6) is -4.59. The molecule has 4 aliphatic rings. The minimum atomic E-state index is -2.21. The second-order valence-corrected chi connectivity index (χ2v) is 20.4. The predicted molar refractivity (Wildman–Crippen MR) is 285 cm³/mol.